The topological polar surface area (TPSA) is 61.8 Å². The maximum absolute atomic E-state index is 12.2. The fourth-order valence-electron chi connectivity index (χ4n) is 3.21. The molecule has 0 aromatic carbocycles. The molecule has 2 saturated heterocycles. The van der Waals surface area contributed by atoms with Gasteiger partial charge in [0, 0.05) is 19.2 Å². The molecule has 1 atom stereocenters. The first-order valence-corrected chi connectivity index (χ1v) is 8.04. The Bertz CT molecular complexity index is 293. The van der Waals surface area contributed by atoms with E-state index in [1.807, 2.05) is 4.90 Å². The van der Waals surface area contributed by atoms with Crippen molar-refractivity contribution in [3.63, 3.8) is 0 Å². The van der Waals surface area contributed by atoms with Gasteiger partial charge in [0.05, 0.1) is 19.1 Å². The van der Waals surface area contributed by atoms with E-state index in [0.717, 1.165) is 58.2 Å². The Morgan fingerprint density at radius 2 is 2.10 bits per heavy atom. The van der Waals surface area contributed by atoms with Crippen LogP contribution in [-0.4, -0.2) is 60.9 Å². The molecular formula is C15H28N2O3. The van der Waals surface area contributed by atoms with Gasteiger partial charge in [-0.2, -0.15) is 0 Å². The average molecular weight is 284 g/mol. The van der Waals surface area contributed by atoms with Crippen molar-refractivity contribution in [2.24, 2.45) is 0 Å². The van der Waals surface area contributed by atoms with Crippen LogP contribution < -0.4 is 5.32 Å². The first-order chi connectivity index (χ1) is 9.81. The summed E-state index contributed by atoms with van der Waals surface area (Å²) in [7, 11) is 0. The highest BCUT2D eigenvalue weighted by atomic mass is 16.5. The van der Waals surface area contributed by atoms with Gasteiger partial charge in [0.1, 0.15) is 0 Å². The van der Waals surface area contributed by atoms with Gasteiger partial charge in [0.25, 0.3) is 0 Å². The van der Waals surface area contributed by atoms with E-state index in [2.05, 4.69) is 5.32 Å². The Kier molecular flexibility index (Phi) is 6.76. The summed E-state index contributed by atoms with van der Waals surface area (Å²) >= 11 is 0. The highest BCUT2D eigenvalue weighted by Crippen LogP contribution is 2.22. The summed E-state index contributed by atoms with van der Waals surface area (Å²) in [4.78, 5) is 14.2. The number of likely N-dealkylation sites (tertiary alicyclic amines) is 1. The minimum Gasteiger partial charge on any atom is -0.396 e. The first kappa shape index (κ1) is 15.7. The molecule has 2 N–H and O–H groups in total. The summed E-state index contributed by atoms with van der Waals surface area (Å²) in [6.45, 7) is 3.69. The van der Waals surface area contributed by atoms with Gasteiger partial charge in [-0.25, -0.2) is 0 Å². The van der Waals surface area contributed by atoms with Crippen molar-refractivity contribution in [3.8, 4) is 0 Å². The van der Waals surface area contributed by atoms with E-state index in [4.69, 9.17) is 9.84 Å². The van der Waals surface area contributed by atoms with Crippen LogP contribution >= 0.6 is 0 Å². The Balaban J connectivity index is 1.65. The molecule has 2 heterocycles. The second-order valence-electron chi connectivity index (χ2n) is 5.82. The second kappa shape index (κ2) is 8.60. The van der Waals surface area contributed by atoms with E-state index in [9.17, 15) is 4.79 Å². The van der Waals surface area contributed by atoms with Gasteiger partial charge in [-0.15, -0.1) is 0 Å². The van der Waals surface area contributed by atoms with Crippen molar-refractivity contribution >= 4 is 5.91 Å². The lowest BCUT2D eigenvalue weighted by molar-refractivity contribution is -0.133. The number of hydrogen-bond donors (Lipinski definition) is 2. The van der Waals surface area contributed by atoms with E-state index < -0.39 is 0 Å². The first-order valence-electron chi connectivity index (χ1n) is 8.04. The quantitative estimate of drug-likeness (QED) is 0.729. The Morgan fingerprint density at radius 1 is 1.30 bits per heavy atom. The molecule has 0 aliphatic carbocycles. The van der Waals surface area contributed by atoms with Crippen molar-refractivity contribution in [1.82, 2.24) is 10.2 Å². The number of nitrogens with zero attached hydrogens (tertiary/aromatic N) is 1. The summed E-state index contributed by atoms with van der Waals surface area (Å²) in [5, 5.41) is 12.2. The lowest BCUT2D eigenvalue weighted by Gasteiger charge is -2.26. The van der Waals surface area contributed by atoms with E-state index in [1.165, 1.54) is 0 Å². The second-order valence-corrected chi connectivity index (χ2v) is 5.82. The van der Waals surface area contributed by atoms with Crippen molar-refractivity contribution in [2.75, 3.05) is 32.8 Å². The molecule has 2 fully saturated rings. The molecule has 116 valence electrons. The number of amides is 1. The minimum absolute atomic E-state index is 0.220. The molecule has 5 nitrogen and oxygen atoms in total. The third kappa shape index (κ3) is 4.72. The van der Waals surface area contributed by atoms with E-state index in [0.29, 0.717) is 25.2 Å². The maximum Gasteiger partial charge on any atom is 0.225 e. The van der Waals surface area contributed by atoms with Crippen molar-refractivity contribution in [2.45, 2.75) is 57.1 Å². The lowest BCUT2D eigenvalue weighted by atomic mass is 10.1. The average Bonchev–Trinajstić information content (AvgIpc) is 2.94. The Hall–Kier alpha value is -0.650. The SMILES string of the molecule is O=C(CCOC1CCNCC1)N1CCCC1CCCO. The summed E-state index contributed by atoms with van der Waals surface area (Å²) in [6.07, 6.45) is 6.83. The number of hydrogen-bond acceptors (Lipinski definition) is 4. The molecule has 0 aromatic heterocycles. The van der Waals surface area contributed by atoms with Crippen LogP contribution in [0.2, 0.25) is 0 Å². The molecule has 2 aliphatic rings. The molecule has 0 saturated carbocycles. The van der Waals surface area contributed by atoms with Gasteiger partial charge in [-0.1, -0.05) is 0 Å². The summed E-state index contributed by atoms with van der Waals surface area (Å²) in [6, 6.07) is 0.341. The number of carbonyl (C=O) groups excluding carboxylic acids is 1. The van der Waals surface area contributed by atoms with Crippen LogP contribution in [0.3, 0.4) is 0 Å². The van der Waals surface area contributed by atoms with E-state index in [1.54, 1.807) is 0 Å². The van der Waals surface area contributed by atoms with Gasteiger partial charge in [-0.3, -0.25) is 4.79 Å². The van der Waals surface area contributed by atoms with Crippen molar-refractivity contribution < 1.29 is 14.6 Å². The Morgan fingerprint density at radius 3 is 2.85 bits per heavy atom. The number of carbonyl (C=O) groups is 1. The molecule has 2 rings (SSSR count). The molecule has 0 spiro atoms. The van der Waals surface area contributed by atoms with Gasteiger partial charge >= 0.3 is 0 Å². The van der Waals surface area contributed by atoms with Gasteiger partial charge in [-0.05, 0) is 51.6 Å². The number of piperidine rings is 1. The monoisotopic (exact) mass is 284 g/mol. The van der Waals surface area contributed by atoms with Gasteiger partial charge < -0.3 is 20.1 Å². The third-order valence-corrected chi connectivity index (χ3v) is 4.35. The molecule has 1 amide bonds. The normalized spacial score (nSPS) is 24.2. The molecule has 0 bridgehead atoms. The summed E-state index contributed by atoms with van der Waals surface area (Å²) < 4.78 is 5.80. The van der Waals surface area contributed by atoms with Crippen LogP contribution in [0.25, 0.3) is 0 Å². The van der Waals surface area contributed by atoms with E-state index >= 15 is 0 Å². The number of rotatable bonds is 7. The molecule has 0 aromatic rings. The molecule has 20 heavy (non-hydrogen) atoms. The van der Waals surface area contributed by atoms with Crippen LogP contribution in [0.1, 0.15) is 44.9 Å². The standard InChI is InChI=1S/C15H28N2O3/c18-11-2-4-13-3-1-10-17(13)15(19)7-12-20-14-5-8-16-9-6-14/h13-14,16,18H,1-12H2. The molecule has 2 aliphatic heterocycles. The van der Waals surface area contributed by atoms with E-state index in [-0.39, 0.29) is 12.5 Å². The molecule has 1 unspecified atom stereocenters. The lowest BCUT2D eigenvalue weighted by Crippen LogP contribution is -2.37. The zero-order chi connectivity index (χ0) is 14.2. The summed E-state index contributed by atoms with van der Waals surface area (Å²) in [5.74, 6) is 0.222. The highest BCUT2D eigenvalue weighted by Gasteiger charge is 2.27. The predicted octanol–water partition coefficient (Wildman–Crippen LogP) is 0.909. The third-order valence-electron chi connectivity index (χ3n) is 4.35. The fraction of sp³-hybridized carbons (Fsp3) is 0.933. The molecule has 5 heteroatoms. The Labute approximate surface area is 121 Å². The number of ether oxygens (including phenoxy) is 1. The van der Waals surface area contributed by atoms with Gasteiger partial charge in [0.2, 0.25) is 5.91 Å². The smallest absolute Gasteiger partial charge is 0.225 e. The van der Waals surface area contributed by atoms with Crippen LogP contribution in [0.15, 0.2) is 0 Å². The molecular weight excluding hydrogens is 256 g/mol. The van der Waals surface area contributed by atoms with Gasteiger partial charge in [0.15, 0.2) is 0 Å². The number of aliphatic hydroxyl groups is 1. The highest BCUT2D eigenvalue weighted by molar-refractivity contribution is 5.76. The predicted molar refractivity (Wildman–Crippen MR) is 77.5 cm³/mol. The van der Waals surface area contributed by atoms with Crippen LogP contribution in [0.4, 0.5) is 0 Å². The zero-order valence-electron chi connectivity index (χ0n) is 12.4. The maximum atomic E-state index is 12.2. The van der Waals surface area contributed by atoms with Crippen molar-refractivity contribution in [3.05, 3.63) is 0 Å². The van der Waals surface area contributed by atoms with Crippen molar-refractivity contribution in [1.29, 1.82) is 0 Å². The fourth-order valence-corrected chi connectivity index (χ4v) is 3.21. The van der Waals surface area contributed by atoms with Crippen LogP contribution in [0.5, 0.6) is 0 Å². The largest absolute Gasteiger partial charge is 0.396 e. The van der Waals surface area contributed by atoms with Crippen LogP contribution in [-0.2, 0) is 9.53 Å². The van der Waals surface area contributed by atoms with Crippen LogP contribution in [0, 0.1) is 0 Å². The zero-order valence-corrected chi connectivity index (χ0v) is 12.4. The molecule has 0 radical (unpaired) electrons. The number of nitrogens with one attached hydrogen (secondary N) is 1. The minimum atomic E-state index is 0.220. The summed E-state index contributed by atoms with van der Waals surface area (Å²) in [5.41, 5.74) is 0. The number of aliphatic hydroxyl groups excluding tert-OH is 1.